The average Bonchev–Trinajstić information content (AvgIpc) is 3.95. The molecule has 0 amide bonds. The van der Waals surface area contributed by atoms with Crippen LogP contribution in [0.2, 0.25) is 0 Å². The van der Waals surface area contributed by atoms with Crippen LogP contribution in [-0.2, 0) is 13.0 Å². The van der Waals surface area contributed by atoms with Gasteiger partial charge in [-0.2, -0.15) is 0 Å². The Morgan fingerprint density at radius 1 is 0.559 bits per heavy atom. The quantitative estimate of drug-likeness (QED) is 0.0351. The number of amidine groups is 2. The number of aromatic hydroxyl groups is 8. The zero-order valence-electron chi connectivity index (χ0n) is 30.7. The Kier molecular flexibility index (Phi) is 7.65. The minimum Gasteiger partial charge on any atom is -0.504 e. The van der Waals surface area contributed by atoms with Crippen molar-refractivity contribution in [2.45, 2.75) is 13.0 Å². The summed E-state index contributed by atoms with van der Waals surface area (Å²) in [7, 11) is 0. The number of benzene rings is 7. The molecule has 9 aromatic rings. The molecule has 0 bridgehead atoms. The molecular weight excluding hydrogens is 753 g/mol. The highest BCUT2D eigenvalue weighted by atomic mass is 16.4. The van der Waals surface area contributed by atoms with E-state index in [0.717, 1.165) is 33.2 Å². The van der Waals surface area contributed by atoms with E-state index in [4.69, 9.17) is 20.1 Å². The number of rotatable bonds is 5. The van der Waals surface area contributed by atoms with Crippen molar-refractivity contribution in [2.75, 3.05) is 0 Å². The molecule has 2 aromatic heterocycles. The maximum atomic E-state index is 11.2. The minimum atomic E-state index is -1.12. The third-order valence-corrected chi connectivity index (χ3v) is 11.0. The maximum Gasteiger partial charge on any atom is 0.206 e. The molecule has 0 radical (unpaired) electrons. The molecule has 0 aliphatic heterocycles. The third-order valence-electron chi connectivity index (χ3n) is 11.0. The van der Waals surface area contributed by atoms with E-state index in [1.165, 1.54) is 11.1 Å². The fourth-order valence-corrected chi connectivity index (χ4v) is 8.22. The first-order chi connectivity index (χ1) is 28.5. The second-order valence-electron chi connectivity index (χ2n) is 14.3. The van der Waals surface area contributed by atoms with Crippen LogP contribution in [0.25, 0.3) is 60.6 Å². The topological polar surface area (TPSA) is 231 Å². The van der Waals surface area contributed by atoms with Crippen LogP contribution in [0.4, 0.5) is 0 Å². The fourth-order valence-electron chi connectivity index (χ4n) is 8.22. The van der Waals surface area contributed by atoms with Crippen molar-refractivity contribution in [3.05, 3.63) is 137 Å². The highest BCUT2D eigenvalue weighted by Crippen LogP contribution is 2.59. The lowest BCUT2D eigenvalue weighted by atomic mass is 10.0. The Labute approximate surface area is 333 Å². The van der Waals surface area contributed by atoms with Gasteiger partial charge in [-0.05, 0) is 40.8 Å². The summed E-state index contributed by atoms with van der Waals surface area (Å²) in [6.45, 7) is 0.101. The lowest BCUT2D eigenvalue weighted by molar-refractivity contribution is 0.350. The first kappa shape index (κ1) is 35.1. The van der Waals surface area contributed by atoms with Crippen LogP contribution in [0.5, 0.6) is 46.0 Å². The third kappa shape index (κ3) is 5.11. The van der Waals surface area contributed by atoms with Crippen molar-refractivity contribution < 1.29 is 45.3 Å². The van der Waals surface area contributed by atoms with Crippen LogP contribution >= 0.6 is 0 Å². The monoisotopic (exact) mass is 784 g/mol. The number of nitrogens with zero attached hydrogens (tertiary/aromatic N) is 3. The highest BCUT2D eigenvalue weighted by molar-refractivity contribution is 6.22. The molecule has 13 nitrogen and oxygen atoms in total. The first-order valence-electron chi connectivity index (χ1n) is 18.4. The summed E-state index contributed by atoms with van der Waals surface area (Å²) < 4.78 is 7.75. The van der Waals surface area contributed by atoms with E-state index < -0.39 is 67.8 Å². The lowest BCUT2D eigenvalue weighted by Gasteiger charge is -2.12. The SMILES string of the molecule is N/C(=N\C(=N/Cc1cccc2c1oc1c(-n3c4c(O)c(O)c(O)c(O)c4c4c(O)c(O)c(O)c(O)c43)cccc12)c1ccc2c(c1)Cc1ccccc1-2)c1ccccc1. The van der Waals surface area contributed by atoms with Crippen molar-refractivity contribution >= 4 is 55.4 Å². The number of nitrogens with two attached hydrogens (primary N) is 1. The zero-order chi connectivity index (χ0) is 40.9. The minimum absolute atomic E-state index is 0.101. The predicted molar refractivity (Wildman–Crippen MR) is 223 cm³/mol. The van der Waals surface area contributed by atoms with Gasteiger partial charge in [0.25, 0.3) is 0 Å². The van der Waals surface area contributed by atoms with E-state index >= 15 is 0 Å². The summed E-state index contributed by atoms with van der Waals surface area (Å²) >= 11 is 0. The van der Waals surface area contributed by atoms with Crippen molar-refractivity contribution in [3.8, 4) is 62.8 Å². The molecule has 2 heterocycles. The molecule has 10 N–H and O–H groups in total. The molecular formula is C46H32N4O9. The first-order valence-corrected chi connectivity index (χ1v) is 18.4. The van der Waals surface area contributed by atoms with Crippen molar-refractivity contribution in [3.63, 3.8) is 0 Å². The van der Waals surface area contributed by atoms with Gasteiger partial charge in [-0.1, -0.05) is 97.1 Å². The van der Waals surface area contributed by atoms with Gasteiger partial charge in [0.2, 0.25) is 23.0 Å². The highest BCUT2D eigenvalue weighted by Gasteiger charge is 2.33. The number of hydrogen-bond acceptors (Lipinski definition) is 10. The number of aromatic nitrogens is 1. The number of phenols is 8. The second-order valence-corrected chi connectivity index (χ2v) is 14.3. The molecule has 0 unspecified atom stereocenters. The van der Waals surface area contributed by atoms with Gasteiger partial charge in [0.05, 0.1) is 23.0 Å². The molecule has 0 saturated carbocycles. The van der Waals surface area contributed by atoms with Crippen molar-refractivity contribution in [1.82, 2.24) is 4.57 Å². The average molecular weight is 785 g/mol. The van der Waals surface area contributed by atoms with Gasteiger partial charge in [-0.15, -0.1) is 0 Å². The smallest absolute Gasteiger partial charge is 0.206 e. The molecule has 13 heteroatoms. The molecule has 0 saturated heterocycles. The molecule has 59 heavy (non-hydrogen) atoms. The molecule has 10 rings (SSSR count). The summed E-state index contributed by atoms with van der Waals surface area (Å²) in [5.41, 5.74) is 13.4. The van der Waals surface area contributed by atoms with E-state index in [0.29, 0.717) is 27.8 Å². The Morgan fingerprint density at radius 3 is 1.85 bits per heavy atom. The number of aliphatic imine (C=N–C) groups is 2. The Morgan fingerprint density at radius 2 is 1.15 bits per heavy atom. The van der Waals surface area contributed by atoms with E-state index in [2.05, 4.69) is 24.3 Å². The molecule has 1 aliphatic carbocycles. The maximum absolute atomic E-state index is 11.2. The largest absolute Gasteiger partial charge is 0.504 e. The van der Waals surface area contributed by atoms with Crippen LogP contribution in [0.3, 0.4) is 0 Å². The van der Waals surface area contributed by atoms with Gasteiger partial charge in [-0.3, -0.25) is 9.56 Å². The summed E-state index contributed by atoms with van der Waals surface area (Å²) in [5.74, 6) is -7.57. The van der Waals surface area contributed by atoms with Gasteiger partial charge in [0, 0.05) is 27.5 Å². The van der Waals surface area contributed by atoms with Gasteiger partial charge in [0.1, 0.15) is 22.5 Å². The summed E-state index contributed by atoms with van der Waals surface area (Å²) in [6, 6.07) is 34.4. The van der Waals surface area contributed by atoms with E-state index in [1.807, 2.05) is 66.7 Å². The van der Waals surface area contributed by atoms with Crippen LogP contribution in [-0.4, -0.2) is 57.1 Å². The number of hydrogen-bond donors (Lipinski definition) is 9. The van der Waals surface area contributed by atoms with Crippen molar-refractivity contribution in [2.24, 2.45) is 15.7 Å². The number of furan rings is 1. The Bertz CT molecular complexity index is 3250. The number of para-hydroxylation sites is 2. The number of phenolic OH excluding ortho intramolecular Hbond substituents is 8. The van der Waals surface area contributed by atoms with Crippen LogP contribution < -0.4 is 5.73 Å². The van der Waals surface area contributed by atoms with Crippen LogP contribution in [0.1, 0.15) is 27.8 Å². The molecule has 0 atom stereocenters. The molecule has 7 aromatic carbocycles. The fraction of sp³-hybridized carbons (Fsp3) is 0.0435. The normalized spacial score (nSPS) is 12.9. The molecule has 290 valence electrons. The van der Waals surface area contributed by atoms with E-state index in [9.17, 15) is 40.9 Å². The number of fused-ring (bicyclic) bond motifs is 9. The lowest BCUT2D eigenvalue weighted by Crippen LogP contribution is -2.16. The van der Waals surface area contributed by atoms with Gasteiger partial charge >= 0.3 is 0 Å². The van der Waals surface area contributed by atoms with Crippen LogP contribution in [0.15, 0.2) is 124 Å². The van der Waals surface area contributed by atoms with Crippen LogP contribution in [0, 0.1) is 0 Å². The Balaban J connectivity index is 1.16. The van der Waals surface area contributed by atoms with Gasteiger partial charge in [-0.25, -0.2) is 4.99 Å². The summed E-state index contributed by atoms with van der Waals surface area (Å²) in [4.78, 5) is 9.85. The second kappa shape index (κ2) is 12.9. The van der Waals surface area contributed by atoms with Gasteiger partial charge < -0.3 is 51.0 Å². The standard InChI is InChI=1S/C46H32N4O9/c47-45(21-8-2-1-3-9-21)49-46(23-16-17-27-25(19-23)18-22-10-4-5-12-26(22)27)48-20-24-11-6-13-28-29-14-7-15-30(44(29)59-43(24)28)50-33-31(35(51)39(55)41(57)37(33)53)32-34(50)38(54)42(58)40(56)36(32)52/h1-17,19,51-58H,18,20H2,(H2,47,48,49). The van der Waals surface area contributed by atoms with E-state index in [-0.39, 0.29) is 23.7 Å². The van der Waals surface area contributed by atoms with Crippen molar-refractivity contribution in [1.29, 1.82) is 0 Å². The summed E-state index contributed by atoms with van der Waals surface area (Å²) in [6.07, 6.45) is 0.771. The summed E-state index contributed by atoms with van der Waals surface area (Å²) in [5, 5.41) is 87.1. The zero-order valence-corrected chi connectivity index (χ0v) is 30.7. The van der Waals surface area contributed by atoms with E-state index in [1.54, 1.807) is 18.2 Å². The predicted octanol–water partition coefficient (Wildman–Crippen LogP) is 8.25. The van der Waals surface area contributed by atoms with Gasteiger partial charge in [0.15, 0.2) is 34.4 Å². The molecule has 1 aliphatic rings. The molecule has 0 spiro atoms. The molecule has 0 fully saturated rings. The Hall–Kier alpha value is -8.32.